The summed E-state index contributed by atoms with van der Waals surface area (Å²) >= 11 is 1.13. The van der Waals surface area contributed by atoms with Crippen LogP contribution < -0.4 is 25.2 Å². The van der Waals surface area contributed by atoms with Crippen molar-refractivity contribution in [2.45, 2.75) is 19.0 Å². The summed E-state index contributed by atoms with van der Waals surface area (Å²) in [6.45, 7) is 3.24. The molecule has 0 unspecified atom stereocenters. The molecule has 0 saturated heterocycles. The van der Waals surface area contributed by atoms with Crippen LogP contribution in [0.1, 0.15) is 18.1 Å². The number of hydrogen-bond acceptors (Lipinski definition) is 9. The maximum atomic E-state index is 13.3. The number of esters is 1. The normalized spacial score (nSPS) is 11.0. The van der Waals surface area contributed by atoms with Gasteiger partial charge in [0.1, 0.15) is 0 Å². The molecule has 11 heteroatoms. The van der Waals surface area contributed by atoms with E-state index in [1.165, 1.54) is 31.9 Å². The Morgan fingerprint density at radius 1 is 1.05 bits per heavy atom. The van der Waals surface area contributed by atoms with E-state index < -0.39 is 11.9 Å². The second kappa shape index (κ2) is 12.3. The topological polar surface area (TPSA) is 121 Å². The molecule has 0 saturated carbocycles. The van der Waals surface area contributed by atoms with E-state index in [9.17, 15) is 14.4 Å². The number of ether oxygens (including phenoxy) is 3. The van der Waals surface area contributed by atoms with Crippen molar-refractivity contribution in [1.29, 1.82) is 0 Å². The number of fused-ring (bicyclic) bond motifs is 1. The van der Waals surface area contributed by atoms with Crippen LogP contribution in [0.15, 0.2) is 75.7 Å². The number of benzene rings is 3. The van der Waals surface area contributed by atoms with Gasteiger partial charge < -0.3 is 14.2 Å². The van der Waals surface area contributed by atoms with Crippen molar-refractivity contribution in [3.8, 4) is 22.9 Å². The summed E-state index contributed by atoms with van der Waals surface area (Å²) in [6.07, 6.45) is 1.40. The molecule has 0 atom stereocenters. The minimum absolute atomic E-state index is 0.0357. The largest absolute Gasteiger partial charge is 0.493 e. The van der Waals surface area contributed by atoms with Gasteiger partial charge in [0.15, 0.2) is 16.7 Å². The molecular weight excluding hydrogens is 520 g/mol. The van der Waals surface area contributed by atoms with Crippen LogP contribution in [0.25, 0.3) is 16.6 Å². The monoisotopic (exact) mass is 546 g/mol. The Kier molecular flexibility index (Phi) is 8.62. The molecule has 39 heavy (non-hydrogen) atoms. The van der Waals surface area contributed by atoms with E-state index in [1.54, 1.807) is 30.3 Å². The van der Waals surface area contributed by atoms with Crippen molar-refractivity contribution >= 4 is 40.8 Å². The number of carbonyl (C=O) groups excluding carboxylic acids is 2. The fraction of sp³-hybridized carbons (Fsp3) is 0.179. The Morgan fingerprint density at radius 3 is 2.36 bits per heavy atom. The number of aryl methyl sites for hydroxylation is 1. The molecule has 4 aromatic rings. The molecule has 0 radical (unpaired) electrons. The van der Waals surface area contributed by atoms with Gasteiger partial charge in [0.2, 0.25) is 5.75 Å². The minimum Gasteiger partial charge on any atom is -0.493 e. The number of hydrogen-bond donors (Lipinski definition) is 1. The Morgan fingerprint density at radius 2 is 1.72 bits per heavy atom. The third-order valence-electron chi connectivity index (χ3n) is 5.50. The fourth-order valence-electron chi connectivity index (χ4n) is 3.69. The van der Waals surface area contributed by atoms with Gasteiger partial charge in [-0.25, -0.2) is 10.4 Å². The minimum atomic E-state index is -0.522. The van der Waals surface area contributed by atoms with Gasteiger partial charge in [-0.2, -0.15) is 5.10 Å². The Bertz CT molecular complexity index is 1590. The molecule has 1 aromatic heterocycles. The number of methoxy groups -OCH3 is 2. The number of para-hydroxylation sites is 1. The lowest BCUT2D eigenvalue weighted by Crippen LogP contribution is -2.24. The molecule has 3 aromatic carbocycles. The molecular formula is C28H26N4O6S. The first-order valence-electron chi connectivity index (χ1n) is 11.8. The first kappa shape index (κ1) is 27.4. The number of amides is 1. The Hall–Kier alpha value is -4.64. The molecule has 0 bridgehead atoms. The number of nitrogens with zero attached hydrogens (tertiary/aromatic N) is 3. The van der Waals surface area contributed by atoms with Crippen LogP contribution in [0.3, 0.4) is 0 Å². The summed E-state index contributed by atoms with van der Waals surface area (Å²) in [5.74, 6) is -0.274. The number of carbonyl (C=O) groups is 2. The van der Waals surface area contributed by atoms with Crippen LogP contribution in [-0.2, 0) is 9.59 Å². The highest BCUT2D eigenvalue weighted by molar-refractivity contribution is 7.99. The second-order valence-electron chi connectivity index (χ2n) is 8.32. The van der Waals surface area contributed by atoms with Gasteiger partial charge in [-0.05, 0) is 43.3 Å². The molecule has 200 valence electrons. The van der Waals surface area contributed by atoms with E-state index in [0.29, 0.717) is 27.3 Å². The average molecular weight is 547 g/mol. The first-order valence-corrected chi connectivity index (χ1v) is 12.8. The van der Waals surface area contributed by atoms with E-state index in [4.69, 9.17) is 14.2 Å². The predicted octanol–water partition coefficient (Wildman–Crippen LogP) is 3.88. The summed E-state index contributed by atoms with van der Waals surface area (Å²) < 4.78 is 17.3. The molecule has 0 spiro atoms. The summed E-state index contributed by atoms with van der Waals surface area (Å²) in [7, 11) is 2.86. The summed E-state index contributed by atoms with van der Waals surface area (Å²) in [4.78, 5) is 42.0. The predicted molar refractivity (Wildman–Crippen MR) is 149 cm³/mol. The lowest BCUT2D eigenvalue weighted by atomic mass is 10.2. The lowest BCUT2D eigenvalue weighted by molar-refractivity contribution is -0.132. The van der Waals surface area contributed by atoms with Gasteiger partial charge in [0.05, 0.1) is 42.8 Å². The maximum absolute atomic E-state index is 13.3. The highest BCUT2D eigenvalue weighted by atomic mass is 32.2. The van der Waals surface area contributed by atoms with Crippen molar-refractivity contribution in [3.63, 3.8) is 0 Å². The molecule has 0 aliphatic rings. The van der Waals surface area contributed by atoms with Gasteiger partial charge in [0, 0.05) is 12.5 Å². The van der Waals surface area contributed by atoms with E-state index in [2.05, 4.69) is 15.5 Å². The SMILES string of the molecule is COc1cc(/C=N/NC(=O)CSc2nc3ccccc3c(=O)n2-c2ccc(C)cc2)cc(OC)c1OC(C)=O. The Balaban J connectivity index is 1.52. The number of hydrazone groups is 1. The summed E-state index contributed by atoms with van der Waals surface area (Å²) in [5, 5.41) is 4.88. The molecule has 1 N–H and O–H groups in total. The maximum Gasteiger partial charge on any atom is 0.308 e. The zero-order valence-corrected chi connectivity index (χ0v) is 22.6. The molecule has 0 aliphatic carbocycles. The average Bonchev–Trinajstić information content (AvgIpc) is 2.93. The van der Waals surface area contributed by atoms with Crippen LogP contribution in [0.2, 0.25) is 0 Å². The fourth-order valence-corrected chi connectivity index (χ4v) is 4.50. The Labute approximate surface area is 228 Å². The number of rotatable bonds is 9. The van der Waals surface area contributed by atoms with Crippen molar-refractivity contribution in [2.75, 3.05) is 20.0 Å². The van der Waals surface area contributed by atoms with Crippen LogP contribution in [0.4, 0.5) is 0 Å². The van der Waals surface area contributed by atoms with E-state index in [0.717, 1.165) is 17.3 Å². The number of nitrogens with one attached hydrogen (secondary N) is 1. The quantitative estimate of drug-likeness (QED) is 0.0839. The first-order chi connectivity index (χ1) is 18.8. The van der Waals surface area contributed by atoms with E-state index in [1.807, 2.05) is 37.3 Å². The van der Waals surface area contributed by atoms with E-state index in [-0.39, 0.29) is 28.6 Å². The summed E-state index contributed by atoms with van der Waals surface area (Å²) in [6, 6.07) is 17.8. The third-order valence-corrected chi connectivity index (χ3v) is 6.44. The van der Waals surface area contributed by atoms with Crippen LogP contribution in [0, 0.1) is 6.92 Å². The van der Waals surface area contributed by atoms with Gasteiger partial charge >= 0.3 is 5.97 Å². The zero-order valence-electron chi connectivity index (χ0n) is 21.8. The van der Waals surface area contributed by atoms with Crippen molar-refractivity contribution in [2.24, 2.45) is 5.10 Å². The van der Waals surface area contributed by atoms with Gasteiger partial charge in [-0.1, -0.05) is 41.6 Å². The van der Waals surface area contributed by atoms with Crippen molar-refractivity contribution < 1.29 is 23.8 Å². The standard InChI is InChI=1S/C28H26N4O6S/c1-17-9-11-20(12-10-17)32-27(35)21-7-5-6-8-22(21)30-28(32)39-16-25(34)31-29-15-19-13-23(36-3)26(38-18(2)33)24(14-19)37-4/h5-15H,16H2,1-4H3,(H,31,34)/b29-15+. The zero-order chi connectivity index (χ0) is 27.9. The van der Waals surface area contributed by atoms with Crippen LogP contribution in [-0.4, -0.2) is 47.6 Å². The van der Waals surface area contributed by atoms with Gasteiger partial charge in [-0.3, -0.25) is 19.0 Å². The second-order valence-corrected chi connectivity index (χ2v) is 9.26. The van der Waals surface area contributed by atoms with Gasteiger partial charge in [-0.15, -0.1) is 0 Å². The van der Waals surface area contributed by atoms with Crippen LogP contribution in [0.5, 0.6) is 17.2 Å². The van der Waals surface area contributed by atoms with Crippen molar-refractivity contribution in [1.82, 2.24) is 15.0 Å². The molecule has 0 aliphatic heterocycles. The summed E-state index contributed by atoms with van der Waals surface area (Å²) in [5.41, 5.74) is 5.05. The molecule has 0 fully saturated rings. The highest BCUT2D eigenvalue weighted by Crippen LogP contribution is 2.38. The van der Waals surface area contributed by atoms with E-state index >= 15 is 0 Å². The van der Waals surface area contributed by atoms with Crippen molar-refractivity contribution in [3.05, 3.63) is 82.1 Å². The number of aromatic nitrogens is 2. The highest BCUT2D eigenvalue weighted by Gasteiger charge is 2.17. The lowest BCUT2D eigenvalue weighted by Gasteiger charge is -2.13. The smallest absolute Gasteiger partial charge is 0.308 e. The molecule has 10 nitrogen and oxygen atoms in total. The molecule has 1 heterocycles. The molecule has 1 amide bonds. The third kappa shape index (κ3) is 6.44. The van der Waals surface area contributed by atoms with Gasteiger partial charge in [0.25, 0.3) is 11.5 Å². The number of thioether (sulfide) groups is 1. The van der Waals surface area contributed by atoms with Crippen LogP contribution >= 0.6 is 11.8 Å². The molecule has 4 rings (SSSR count).